The van der Waals surface area contributed by atoms with Crippen LogP contribution in [0.15, 0.2) is 34.9 Å². The van der Waals surface area contributed by atoms with E-state index >= 15 is 0 Å². The van der Waals surface area contributed by atoms with Gasteiger partial charge in [0, 0.05) is 18.0 Å². The molecular weight excluding hydrogens is 334 g/mol. The molecule has 8 heteroatoms. The minimum Gasteiger partial charge on any atom is -0.361 e. The normalized spacial score (nSPS) is 19.3. The van der Waals surface area contributed by atoms with Gasteiger partial charge in [0.15, 0.2) is 0 Å². The number of hydrazine groups is 2. The number of amides is 2. The van der Waals surface area contributed by atoms with Crippen molar-refractivity contribution in [3.63, 3.8) is 0 Å². The third-order valence-corrected chi connectivity index (χ3v) is 4.53. The molecule has 1 saturated heterocycles. The Balaban J connectivity index is 1.42. The van der Waals surface area contributed by atoms with Gasteiger partial charge in [0.2, 0.25) is 5.91 Å². The van der Waals surface area contributed by atoms with Gasteiger partial charge in [0.05, 0.1) is 5.69 Å². The van der Waals surface area contributed by atoms with Gasteiger partial charge in [0.25, 0.3) is 5.91 Å². The molecule has 2 aromatic rings. The molecule has 0 aliphatic carbocycles. The van der Waals surface area contributed by atoms with Gasteiger partial charge in [0.1, 0.15) is 11.8 Å². The summed E-state index contributed by atoms with van der Waals surface area (Å²) in [5, 5.41) is 3.86. The zero-order valence-corrected chi connectivity index (χ0v) is 14.8. The number of carbonyl (C=O) groups is 2. The minimum atomic E-state index is -0.414. The predicted molar refractivity (Wildman–Crippen MR) is 94.4 cm³/mol. The SMILES string of the molecule is Cc1noc(C)c1CCC(=O)NNC(=O)C1CC(c2ccccc2)NN1. The highest BCUT2D eigenvalue weighted by Gasteiger charge is 2.30. The summed E-state index contributed by atoms with van der Waals surface area (Å²) in [6.07, 6.45) is 1.36. The van der Waals surface area contributed by atoms with Crippen molar-refractivity contribution < 1.29 is 14.1 Å². The van der Waals surface area contributed by atoms with Gasteiger partial charge >= 0.3 is 0 Å². The number of hydrogen-bond acceptors (Lipinski definition) is 6. The molecule has 0 radical (unpaired) electrons. The summed E-state index contributed by atoms with van der Waals surface area (Å²) >= 11 is 0. The molecule has 1 fully saturated rings. The van der Waals surface area contributed by atoms with Crippen LogP contribution < -0.4 is 21.7 Å². The van der Waals surface area contributed by atoms with Crippen LogP contribution >= 0.6 is 0 Å². The molecule has 26 heavy (non-hydrogen) atoms. The third-order valence-electron chi connectivity index (χ3n) is 4.53. The molecule has 1 aliphatic rings. The number of carbonyl (C=O) groups excluding carboxylic acids is 2. The molecule has 0 saturated carbocycles. The van der Waals surface area contributed by atoms with Crippen LogP contribution in [0.25, 0.3) is 0 Å². The highest BCUT2D eigenvalue weighted by atomic mass is 16.5. The maximum Gasteiger partial charge on any atom is 0.256 e. The van der Waals surface area contributed by atoms with E-state index in [9.17, 15) is 9.59 Å². The van der Waals surface area contributed by atoms with Crippen LogP contribution in [-0.4, -0.2) is 23.0 Å². The van der Waals surface area contributed by atoms with E-state index in [1.807, 2.05) is 44.2 Å². The highest BCUT2D eigenvalue weighted by molar-refractivity contribution is 5.85. The van der Waals surface area contributed by atoms with Gasteiger partial charge in [-0.1, -0.05) is 35.5 Å². The molecule has 2 heterocycles. The Morgan fingerprint density at radius 2 is 1.96 bits per heavy atom. The second-order valence-electron chi connectivity index (χ2n) is 6.38. The van der Waals surface area contributed by atoms with Crippen LogP contribution in [0.1, 0.15) is 41.5 Å². The Morgan fingerprint density at radius 3 is 2.65 bits per heavy atom. The monoisotopic (exact) mass is 357 g/mol. The fourth-order valence-corrected chi connectivity index (χ4v) is 3.01. The van der Waals surface area contributed by atoms with Crippen molar-refractivity contribution in [2.24, 2.45) is 0 Å². The van der Waals surface area contributed by atoms with E-state index in [-0.39, 0.29) is 24.3 Å². The first-order valence-electron chi connectivity index (χ1n) is 8.61. The summed E-state index contributed by atoms with van der Waals surface area (Å²) in [6.45, 7) is 3.66. The van der Waals surface area contributed by atoms with Crippen molar-refractivity contribution in [3.8, 4) is 0 Å². The molecule has 2 atom stereocenters. The number of nitrogens with one attached hydrogen (secondary N) is 4. The summed E-state index contributed by atoms with van der Waals surface area (Å²) in [5.41, 5.74) is 13.8. The Labute approximate surface area is 151 Å². The summed E-state index contributed by atoms with van der Waals surface area (Å²) < 4.78 is 5.07. The van der Waals surface area contributed by atoms with E-state index in [0.717, 1.165) is 16.8 Å². The lowest BCUT2D eigenvalue weighted by Gasteiger charge is -2.11. The Kier molecular flexibility index (Phi) is 5.65. The molecule has 1 aromatic carbocycles. The average Bonchev–Trinajstić information content (AvgIpc) is 3.26. The van der Waals surface area contributed by atoms with Crippen molar-refractivity contribution in [1.29, 1.82) is 0 Å². The van der Waals surface area contributed by atoms with Crippen LogP contribution in [-0.2, 0) is 16.0 Å². The first-order chi connectivity index (χ1) is 12.5. The summed E-state index contributed by atoms with van der Waals surface area (Å²) in [7, 11) is 0. The summed E-state index contributed by atoms with van der Waals surface area (Å²) in [4.78, 5) is 24.2. The van der Waals surface area contributed by atoms with Gasteiger partial charge in [-0.2, -0.15) is 0 Å². The van der Waals surface area contributed by atoms with Crippen LogP contribution in [0, 0.1) is 13.8 Å². The molecule has 0 spiro atoms. The highest BCUT2D eigenvalue weighted by Crippen LogP contribution is 2.21. The second-order valence-corrected chi connectivity index (χ2v) is 6.38. The van der Waals surface area contributed by atoms with Crippen molar-refractivity contribution in [1.82, 2.24) is 26.9 Å². The molecule has 0 bridgehead atoms. The number of benzene rings is 1. The number of aromatic nitrogens is 1. The molecule has 8 nitrogen and oxygen atoms in total. The fourth-order valence-electron chi connectivity index (χ4n) is 3.01. The smallest absolute Gasteiger partial charge is 0.256 e. The van der Waals surface area contributed by atoms with Gasteiger partial charge < -0.3 is 4.52 Å². The average molecular weight is 357 g/mol. The molecule has 2 amide bonds. The van der Waals surface area contributed by atoms with Gasteiger partial charge in [-0.3, -0.25) is 20.4 Å². The lowest BCUT2D eigenvalue weighted by molar-refractivity contribution is -0.129. The lowest BCUT2D eigenvalue weighted by atomic mass is 10.0. The molecule has 2 unspecified atom stereocenters. The predicted octanol–water partition coefficient (Wildman–Crippen LogP) is 0.979. The van der Waals surface area contributed by atoms with Crippen LogP contribution in [0.3, 0.4) is 0 Å². The van der Waals surface area contributed by atoms with E-state index < -0.39 is 6.04 Å². The van der Waals surface area contributed by atoms with Gasteiger partial charge in [-0.25, -0.2) is 10.9 Å². The fraction of sp³-hybridized carbons (Fsp3) is 0.389. The number of nitrogens with zero attached hydrogens (tertiary/aromatic N) is 1. The van der Waals surface area contributed by atoms with Gasteiger partial charge in [-0.15, -0.1) is 0 Å². The zero-order valence-electron chi connectivity index (χ0n) is 14.8. The molecule has 4 N–H and O–H groups in total. The van der Waals surface area contributed by atoms with Crippen LogP contribution in [0.5, 0.6) is 0 Å². The first kappa shape index (κ1) is 18.1. The first-order valence-corrected chi connectivity index (χ1v) is 8.61. The minimum absolute atomic E-state index is 0.0576. The van der Waals surface area contributed by atoms with Crippen molar-refractivity contribution in [3.05, 3.63) is 52.9 Å². The molecular formula is C18H23N5O3. The van der Waals surface area contributed by atoms with Gasteiger partial charge in [-0.05, 0) is 32.3 Å². The zero-order chi connectivity index (χ0) is 18.5. The maximum atomic E-state index is 12.2. The molecule has 1 aromatic heterocycles. The molecule has 1 aliphatic heterocycles. The topological polar surface area (TPSA) is 108 Å². The molecule has 138 valence electrons. The quantitative estimate of drug-likeness (QED) is 0.594. The maximum absolute atomic E-state index is 12.2. The van der Waals surface area contributed by atoms with E-state index in [0.29, 0.717) is 18.6 Å². The Hall–Kier alpha value is -2.71. The van der Waals surface area contributed by atoms with Crippen molar-refractivity contribution in [2.75, 3.05) is 0 Å². The van der Waals surface area contributed by atoms with Crippen molar-refractivity contribution in [2.45, 2.75) is 45.2 Å². The number of hydrogen-bond donors (Lipinski definition) is 4. The molecule has 3 rings (SSSR count). The lowest BCUT2D eigenvalue weighted by Crippen LogP contribution is -2.50. The number of rotatable bonds is 5. The summed E-state index contributed by atoms with van der Waals surface area (Å²) in [5.74, 6) is 0.179. The Morgan fingerprint density at radius 1 is 1.19 bits per heavy atom. The van der Waals surface area contributed by atoms with E-state index in [4.69, 9.17) is 4.52 Å². The standard InChI is InChI=1S/C18H23N5O3/c1-11-14(12(2)26-23-11)8-9-17(24)21-22-18(25)16-10-15(19-20-16)13-6-4-3-5-7-13/h3-7,15-16,19-20H,8-10H2,1-2H3,(H,21,24)(H,22,25). The second kappa shape index (κ2) is 8.11. The largest absolute Gasteiger partial charge is 0.361 e. The summed E-state index contributed by atoms with van der Waals surface area (Å²) in [6, 6.07) is 9.54. The van der Waals surface area contributed by atoms with E-state index in [1.165, 1.54) is 0 Å². The number of aryl methyl sites for hydroxylation is 2. The Bertz CT molecular complexity index is 755. The van der Waals surface area contributed by atoms with Crippen LogP contribution in [0.2, 0.25) is 0 Å². The van der Waals surface area contributed by atoms with Crippen molar-refractivity contribution >= 4 is 11.8 Å². The van der Waals surface area contributed by atoms with E-state index in [2.05, 4.69) is 26.9 Å². The van der Waals surface area contributed by atoms with Crippen LogP contribution in [0.4, 0.5) is 0 Å². The van der Waals surface area contributed by atoms with E-state index in [1.54, 1.807) is 0 Å². The third kappa shape index (κ3) is 4.27.